The number of methoxy groups -OCH3 is 1. The maximum absolute atomic E-state index is 10.3. The molecule has 144 valence electrons. The van der Waals surface area contributed by atoms with E-state index in [0.717, 1.165) is 25.2 Å². The molecule has 0 aliphatic rings. The zero-order chi connectivity index (χ0) is 19.9. The smallest absolute Gasteiger partial charge is 0.330 e. The van der Waals surface area contributed by atoms with E-state index in [4.69, 9.17) is 11.6 Å². The Morgan fingerprint density at radius 1 is 0.960 bits per heavy atom. The van der Waals surface area contributed by atoms with Crippen LogP contribution in [0, 0.1) is 0 Å². The summed E-state index contributed by atoms with van der Waals surface area (Å²) in [5, 5.41) is 0. The zero-order valence-corrected chi connectivity index (χ0v) is 15.6. The minimum atomic E-state index is -0.475. The average Bonchev–Trinajstić information content (AvgIpc) is 2.63. The van der Waals surface area contributed by atoms with Crippen LogP contribution in [0.2, 0.25) is 0 Å². The highest BCUT2D eigenvalue weighted by Crippen LogP contribution is 1.88. The van der Waals surface area contributed by atoms with Crippen molar-refractivity contribution in [2.75, 3.05) is 32.8 Å². The molecule has 25 heavy (non-hydrogen) atoms. The van der Waals surface area contributed by atoms with E-state index in [1.165, 1.54) is 6.08 Å². The highest BCUT2D eigenvalue weighted by atomic mass is 35.5. The van der Waals surface area contributed by atoms with Crippen LogP contribution in [0.5, 0.6) is 0 Å². The summed E-state index contributed by atoms with van der Waals surface area (Å²) in [5.74, 6) is -1.33. The summed E-state index contributed by atoms with van der Waals surface area (Å²) in [5.41, 5.74) is 0. The van der Waals surface area contributed by atoms with Gasteiger partial charge in [-0.05, 0) is 6.42 Å². The molecule has 0 aromatic rings. The third-order valence-electron chi connectivity index (χ3n) is 1.93. The lowest BCUT2D eigenvalue weighted by molar-refractivity contribution is -0.139. The van der Waals surface area contributed by atoms with Gasteiger partial charge < -0.3 is 18.9 Å². The second-order valence-corrected chi connectivity index (χ2v) is 4.15. The van der Waals surface area contributed by atoms with Gasteiger partial charge in [0.15, 0.2) is 0 Å². The highest BCUT2D eigenvalue weighted by Gasteiger charge is 1.92. The summed E-state index contributed by atoms with van der Waals surface area (Å²) in [6.45, 7) is 12.9. The van der Waals surface area contributed by atoms with E-state index in [0.29, 0.717) is 19.8 Å². The molecule has 0 atom stereocenters. The number of rotatable bonds is 10. The molecule has 0 spiro atoms. The summed E-state index contributed by atoms with van der Waals surface area (Å²) in [6, 6.07) is 0. The van der Waals surface area contributed by atoms with Crippen LogP contribution in [0.4, 0.5) is 0 Å². The van der Waals surface area contributed by atoms with Crippen LogP contribution < -0.4 is 0 Å². The number of ether oxygens (including phenoxy) is 4. The Bertz CT molecular complexity index is 368. The second kappa shape index (κ2) is 24.1. The minimum absolute atomic E-state index is 0.119. The van der Waals surface area contributed by atoms with Crippen molar-refractivity contribution < 1.29 is 33.3 Å². The molecule has 0 aliphatic heterocycles. The van der Waals surface area contributed by atoms with Crippen molar-refractivity contribution in [3.05, 3.63) is 38.2 Å². The molecule has 0 heterocycles. The van der Waals surface area contributed by atoms with Crippen molar-refractivity contribution in [2.45, 2.75) is 19.8 Å². The molecule has 0 aromatic carbocycles. The fraction of sp³-hybridized carbons (Fsp3) is 0.471. The lowest BCUT2D eigenvalue weighted by Gasteiger charge is -1.98. The Morgan fingerprint density at radius 2 is 1.48 bits per heavy atom. The lowest BCUT2D eigenvalue weighted by atomic mass is 10.4. The predicted molar refractivity (Wildman–Crippen MR) is 96.1 cm³/mol. The van der Waals surface area contributed by atoms with Gasteiger partial charge in [-0.15, -0.1) is 11.6 Å². The normalized spacial score (nSPS) is 8.28. The topological polar surface area (TPSA) is 88.1 Å². The number of hydrogen-bond donors (Lipinski definition) is 0. The zero-order valence-electron chi connectivity index (χ0n) is 14.8. The molecule has 0 aliphatic carbocycles. The Labute approximate surface area is 154 Å². The number of alkyl halides is 1. The van der Waals surface area contributed by atoms with E-state index in [9.17, 15) is 14.4 Å². The molecule has 0 fully saturated rings. The van der Waals surface area contributed by atoms with E-state index >= 15 is 0 Å². The standard InChI is InChI=1S/C7H12O2.C6H10O3.C4H5ClO2/c1-3-5-6-9-7(8)4-2;1-3-6(7)9-5-4-8-2;1-2-7-4(6)3-5/h4H,2-3,5-6H2,1H3;3H,1,4-5H2,2H3;2H,1,3H2. The molecule has 0 unspecified atom stereocenters. The first-order chi connectivity index (χ1) is 11.9. The lowest BCUT2D eigenvalue weighted by Crippen LogP contribution is -2.06. The minimum Gasteiger partial charge on any atom is -0.463 e. The predicted octanol–water partition coefficient (Wildman–Crippen LogP) is 2.79. The van der Waals surface area contributed by atoms with Gasteiger partial charge in [-0.3, -0.25) is 4.79 Å². The van der Waals surface area contributed by atoms with Crippen LogP contribution in [0.15, 0.2) is 38.2 Å². The third-order valence-corrected chi connectivity index (χ3v) is 2.15. The van der Waals surface area contributed by atoms with Gasteiger partial charge in [-0.2, -0.15) is 0 Å². The van der Waals surface area contributed by atoms with Crippen LogP contribution in [0.1, 0.15) is 19.8 Å². The molecule has 0 aromatic heterocycles. The number of unbranched alkanes of at least 4 members (excludes halogenated alkanes) is 1. The van der Waals surface area contributed by atoms with Crippen molar-refractivity contribution in [3.63, 3.8) is 0 Å². The molecule has 0 bridgehead atoms. The van der Waals surface area contributed by atoms with Crippen molar-refractivity contribution in [3.8, 4) is 0 Å². The molecule has 0 radical (unpaired) electrons. The van der Waals surface area contributed by atoms with Crippen LogP contribution >= 0.6 is 11.6 Å². The summed E-state index contributed by atoms with van der Waals surface area (Å²) in [4.78, 5) is 30.6. The van der Waals surface area contributed by atoms with Crippen LogP contribution in [-0.2, 0) is 33.3 Å². The van der Waals surface area contributed by atoms with Crippen molar-refractivity contribution in [2.24, 2.45) is 0 Å². The first-order valence-corrected chi connectivity index (χ1v) is 7.90. The van der Waals surface area contributed by atoms with Gasteiger partial charge in [-0.1, -0.05) is 33.1 Å². The van der Waals surface area contributed by atoms with Gasteiger partial charge in [0.05, 0.1) is 19.5 Å². The number of halogens is 1. The quantitative estimate of drug-likeness (QED) is 0.144. The molecule has 0 N–H and O–H groups in total. The Hall–Kier alpha value is -2.12. The van der Waals surface area contributed by atoms with Crippen molar-refractivity contribution in [1.29, 1.82) is 0 Å². The number of carbonyl (C=O) groups excluding carboxylic acids is 3. The third kappa shape index (κ3) is 30.3. The number of esters is 3. The van der Waals surface area contributed by atoms with Gasteiger partial charge >= 0.3 is 17.9 Å². The first-order valence-electron chi connectivity index (χ1n) is 7.36. The SMILES string of the molecule is C=CC(=O)OCCCC.C=CC(=O)OCCOC.C=COC(=O)CCl. The van der Waals surface area contributed by atoms with Gasteiger partial charge in [0.1, 0.15) is 12.5 Å². The summed E-state index contributed by atoms with van der Waals surface area (Å²) < 4.78 is 18.0. The molecule has 0 amide bonds. The molecular weight excluding hydrogens is 352 g/mol. The average molecular weight is 379 g/mol. The van der Waals surface area contributed by atoms with E-state index < -0.39 is 11.9 Å². The van der Waals surface area contributed by atoms with Crippen LogP contribution in [0.3, 0.4) is 0 Å². The fourth-order valence-electron chi connectivity index (χ4n) is 0.785. The Balaban J connectivity index is -0.000000293. The second-order valence-electron chi connectivity index (χ2n) is 3.88. The highest BCUT2D eigenvalue weighted by molar-refractivity contribution is 6.26. The molecule has 7 nitrogen and oxygen atoms in total. The molecule has 0 saturated carbocycles. The van der Waals surface area contributed by atoms with Crippen LogP contribution in [-0.4, -0.2) is 50.7 Å². The van der Waals surface area contributed by atoms with Crippen molar-refractivity contribution in [1.82, 2.24) is 0 Å². The maximum Gasteiger partial charge on any atom is 0.330 e. The van der Waals surface area contributed by atoms with E-state index in [-0.39, 0.29) is 11.8 Å². The van der Waals surface area contributed by atoms with E-state index in [2.05, 4.69) is 38.7 Å². The Kier molecular flexibility index (Phi) is 26.8. The number of hydrogen-bond acceptors (Lipinski definition) is 7. The molecule has 8 heteroatoms. The van der Waals surface area contributed by atoms with Crippen molar-refractivity contribution >= 4 is 29.5 Å². The number of carbonyl (C=O) groups is 3. The fourth-order valence-corrected chi connectivity index (χ4v) is 0.848. The van der Waals surface area contributed by atoms with Gasteiger partial charge in [0.25, 0.3) is 0 Å². The van der Waals surface area contributed by atoms with Gasteiger partial charge in [-0.25, -0.2) is 9.59 Å². The van der Waals surface area contributed by atoms with Crippen LogP contribution in [0.25, 0.3) is 0 Å². The summed E-state index contributed by atoms with van der Waals surface area (Å²) >= 11 is 5.01. The molecule has 0 saturated heterocycles. The Morgan fingerprint density at radius 3 is 1.80 bits per heavy atom. The monoisotopic (exact) mass is 378 g/mol. The van der Waals surface area contributed by atoms with Gasteiger partial charge in [0.2, 0.25) is 0 Å². The first kappa shape index (κ1) is 27.7. The van der Waals surface area contributed by atoms with E-state index in [1.54, 1.807) is 7.11 Å². The molecular formula is C17H27ClO7. The summed E-state index contributed by atoms with van der Waals surface area (Å²) in [7, 11) is 1.54. The summed E-state index contributed by atoms with van der Waals surface area (Å²) in [6.07, 6.45) is 5.32. The van der Waals surface area contributed by atoms with Gasteiger partial charge in [0, 0.05) is 19.3 Å². The molecule has 0 rings (SSSR count). The maximum atomic E-state index is 10.3. The van der Waals surface area contributed by atoms with E-state index in [1.807, 2.05) is 6.92 Å². The largest absolute Gasteiger partial charge is 0.463 e.